The lowest BCUT2D eigenvalue weighted by atomic mass is 10.1. The molecule has 0 unspecified atom stereocenters. The van der Waals surface area contributed by atoms with Crippen LogP contribution < -0.4 is 9.21 Å². The number of sulfonamides is 1. The predicted octanol–water partition coefficient (Wildman–Crippen LogP) is 3.65. The Hall–Kier alpha value is -3.65. The van der Waals surface area contributed by atoms with Gasteiger partial charge in [0.25, 0.3) is 15.9 Å². The van der Waals surface area contributed by atoms with Crippen molar-refractivity contribution >= 4 is 33.3 Å². The Labute approximate surface area is 193 Å². The van der Waals surface area contributed by atoms with Crippen molar-refractivity contribution in [2.45, 2.75) is 24.3 Å². The van der Waals surface area contributed by atoms with Crippen molar-refractivity contribution in [1.82, 2.24) is 0 Å². The smallest absolute Gasteiger partial charge is 0.338 e. The molecular weight excluding hydrogens is 440 g/mol. The van der Waals surface area contributed by atoms with E-state index in [9.17, 15) is 18.0 Å². The van der Waals surface area contributed by atoms with Crippen LogP contribution in [-0.2, 0) is 26.0 Å². The van der Waals surface area contributed by atoms with Crippen molar-refractivity contribution in [3.8, 4) is 0 Å². The van der Waals surface area contributed by atoms with E-state index >= 15 is 0 Å². The number of para-hydroxylation sites is 2. The molecule has 4 rings (SSSR count). The Bertz CT molecular complexity index is 1270. The van der Waals surface area contributed by atoms with Gasteiger partial charge in [0.05, 0.1) is 16.1 Å². The summed E-state index contributed by atoms with van der Waals surface area (Å²) in [5.74, 6) is -0.992. The second kappa shape index (κ2) is 9.07. The third-order valence-electron chi connectivity index (χ3n) is 5.67. The lowest BCUT2D eigenvalue weighted by Gasteiger charge is -2.22. The minimum absolute atomic E-state index is 0.0142. The number of anilines is 2. The van der Waals surface area contributed by atoms with Crippen molar-refractivity contribution in [3.05, 3.63) is 90.0 Å². The highest BCUT2D eigenvalue weighted by Gasteiger charge is 2.31. The van der Waals surface area contributed by atoms with Crippen LogP contribution in [-0.4, -0.2) is 40.0 Å². The predicted molar refractivity (Wildman–Crippen MR) is 126 cm³/mol. The molecule has 33 heavy (non-hydrogen) atoms. The zero-order valence-electron chi connectivity index (χ0n) is 18.3. The quantitative estimate of drug-likeness (QED) is 0.520. The zero-order valence-corrected chi connectivity index (χ0v) is 19.2. The summed E-state index contributed by atoms with van der Waals surface area (Å²) < 4.78 is 32.1. The SMILES string of the molecule is C[C@H]1Cc2ccccc2N1C(=O)COC(=O)c1ccc(S(=O)(=O)N(C)c2ccccc2)cc1. The largest absolute Gasteiger partial charge is 0.452 e. The molecular formula is C25H24N2O5S. The first-order valence-corrected chi connectivity index (χ1v) is 11.9. The van der Waals surface area contributed by atoms with Crippen molar-refractivity contribution < 1.29 is 22.7 Å². The topological polar surface area (TPSA) is 84.0 Å². The molecule has 0 N–H and O–H groups in total. The van der Waals surface area contributed by atoms with Crippen LogP contribution in [0.3, 0.4) is 0 Å². The van der Waals surface area contributed by atoms with Gasteiger partial charge < -0.3 is 9.64 Å². The third-order valence-corrected chi connectivity index (χ3v) is 7.47. The van der Waals surface area contributed by atoms with Crippen LogP contribution in [0.5, 0.6) is 0 Å². The monoisotopic (exact) mass is 464 g/mol. The number of esters is 1. The highest BCUT2D eigenvalue weighted by molar-refractivity contribution is 7.92. The van der Waals surface area contributed by atoms with Gasteiger partial charge in [-0.25, -0.2) is 13.2 Å². The first-order valence-electron chi connectivity index (χ1n) is 10.5. The summed E-state index contributed by atoms with van der Waals surface area (Å²) >= 11 is 0. The number of hydrogen-bond donors (Lipinski definition) is 0. The van der Waals surface area contributed by atoms with Gasteiger partial charge in [-0.3, -0.25) is 9.10 Å². The van der Waals surface area contributed by atoms with Gasteiger partial charge in [0, 0.05) is 18.8 Å². The minimum Gasteiger partial charge on any atom is -0.452 e. The fourth-order valence-corrected chi connectivity index (χ4v) is 5.12. The Morgan fingerprint density at radius 3 is 2.30 bits per heavy atom. The van der Waals surface area contributed by atoms with E-state index in [0.717, 1.165) is 17.7 Å². The zero-order chi connectivity index (χ0) is 23.6. The Kier molecular flexibility index (Phi) is 6.20. The van der Waals surface area contributed by atoms with Crippen molar-refractivity contribution in [1.29, 1.82) is 0 Å². The van der Waals surface area contributed by atoms with E-state index in [4.69, 9.17) is 4.74 Å². The number of carbonyl (C=O) groups is 2. The van der Waals surface area contributed by atoms with Crippen LogP contribution in [0, 0.1) is 0 Å². The maximum absolute atomic E-state index is 12.9. The first kappa shape index (κ1) is 22.5. The van der Waals surface area contributed by atoms with E-state index in [-0.39, 0.29) is 22.4 Å². The molecule has 0 bridgehead atoms. The van der Waals surface area contributed by atoms with Gasteiger partial charge in [0.1, 0.15) is 0 Å². The van der Waals surface area contributed by atoms with Gasteiger partial charge in [0.2, 0.25) is 0 Å². The number of carbonyl (C=O) groups excluding carboxylic acids is 2. The molecule has 0 saturated carbocycles. The molecule has 1 heterocycles. The third kappa shape index (κ3) is 4.47. The van der Waals surface area contributed by atoms with E-state index < -0.39 is 22.6 Å². The number of hydrogen-bond acceptors (Lipinski definition) is 5. The van der Waals surface area contributed by atoms with Crippen LogP contribution in [0.25, 0.3) is 0 Å². The average molecular weight is 465 g/mol. The molecule has 0 aromatic heterocycles. The standard InChI is InChI=1S/C25H24N2O5S/c1-18-16-20-8-6-7-11-23(20)27(18)24(28)17-32-25(29)19-12-14-22(15-13-19)33(30,31)26(2)21-9-4-3-5-10-21/h3-15,18H,16-17H2,1-2H3/t18-/m0/s1. The molecule has 0 aliphatic carbocycles. The van der Waals surface area contributed by atoms with E-state index in [0.29, 0.717) is 5.69 Å². The summed E-state index contributed by atoms with van der Waals surface area (Å²) in [6.45, 7) is 1.56. The van der Waals surface area contributed by atoms with Gasteiger partial charge in [0.15, 0.2) is 6.61 Å². The summed E-state index contributed by atoms with van der Waals surface area (Å²) in [6.07, 6.45) is 0.753. The summed E-state index contributed by atoms with van der Waals surface area (Å²) in [5, 5.41) is 0. The van der Waals surface area contributed by atoms with Gasteiger partial charge >= 0.3 is 5.97 Å². The minimum atomic E-state index is -3.79. The summed E-state index contributed by atoms with van der Waals surface area (Å²) in [5.41, 5.74) is 2.61. The van der Waals surface area contributed by atoms with Gasteiger partial charge in [-0.05, 0) is 61.4 Å². The Morgan fingerprint density at radius 2 is 1.61 bits per heavy atom. The number of ether oxygens (including phenoxy) is 1. The van der Waals surface area contributed by atoms with Crippen LogP contribution in [0.4, 0.5) is 11.4 Å². The van der Waals surface area contributed by atoms with Gasteiger partial charge in [-0.2, -0.15) is 0 Å². The second-order valence-corrected chi connectivity index (χ2v) is 9.82. The van der Waals surface area contributed by atoms with E-state index in [1.54, 1.807) is 35.2 Å². The highest BCUT2D eigenvalue weighted by Crippen LogP contribution is 2.31. The molecule has 1 amide bonds. The lowest BCUT2D eigenvalue weighted by Crippen LogP contribution is -2.38. The van der Waals surface area contributed by atoms with Gasteiger partial charge in [-0.15, -0.1) is 0 Å². The fourth-order valence-electron chi connectivity index (χ4n) is 3.92. The van der Waals surface area contributed by atoms with Crippen molar-refractivity contribution in [2.75, 3.05) is 22.9 Å². The molecule has 0 spiro atoms. The maximum Gasteiger partial charge on any atom is 0.338 e. The molecule has 0 saturated heterocycles. The van der Waals surface area contributed by atoms with E-state index in [1.165, 1.54) is 35.6 Å². The molecule has 170 valence electrons. The number of amides is 1. The molecule has 8 heteroatoms. The molecule has 1 aliphatic rings. The molecule has 1 atom stereocenters. The molecule has 0 fully saturated rings. The van der Waals surface area contributed by atoms with Crippen molar-refractivity contribution in [3.63, 3.8) is 0 Å². The number of nitrogens with zero attached hydrogens (tertiary/aromatic N) is 2. The maximum atomic E-state index is 12.9. The van der Waals surface area contributed by atoms with Crippen LogP contribution >= 0.6 is 0 Å². The molecule has 0 radical (unpaired) electrons. The van der Waals surface area contributed by atoms with Crippen molar-refractivity contribution in [2.24, 2.45) is 0 Å². The van der Waals surface area contributed by atoms with Crippen LogP contribution in [0.2, 0.25) is 0 Å². The molecule has 3 aromatic carbocycles. The highest BCUT2D eigenvalue weighted by atomic mass is 32.2. The number of fused-ring (bicyclic) bond motifs is 1. The average Bonchev–Trinajstić information content (AvgIpc) is 3.18. The fraction of sp³-hybridized carbons (Fsp3) is 0.200. The number of benzene rings is 3. The first-order chi connectivity index (χ1) is 15.8. The Balaban J connectivity index is 1.41. The normalized spacial score (nSPS) is 15.1. The second-order valence-electron chi connectivity index (χ2n) is 7.85. The number of rotatable bonds is 6. The van der Waals surface area contributed by atoms with Gasteiger partial charge in [-0.1, -0.05) is 36.4 Å². The molecule has 7 nitrogen and oxygen atoms in total. The van der Waals surface area contributed by atoms with E-state index in [1.807, 2.05) is 31.2 Å². The summed E-state index contributed by atoms with van der Waals surface area (Å²) in [7, 11) is -2.32. The molecule has 3 aromatic rings. The molecule has 1 aliphatic heterocycles. The summed E-state index contributed by atoms with van der Waals surface area (Å²) in [4.78, 5) is 26.9. The van der Waals surface area contributed by atoms with Crippen LogP contribution in [0.1, 0.15) is 22.8 Å². The lowest BCUT2D eigenvalue weighted by molar-refractivity contribution is -0.122. The Morgan fingerprint density at radius 1 is 0.970 bits per heavy atom. The van der Waals surface area contributed by atoms with E-state index in [2.05, 4.69) is 0 Å². The van der Waals surface area contributed by atoms with Crippen LogP contribution in [0.15, 0.2) is 83.8 Å². The summed E-state index contributed by atoms with van der Waals surface area (Å²) in [6, 6.07) is 21.8.